The highest BCUT2D eigenvalue weighted by atomic mass is 16.1. The fourth-order valence-corrected chi connectivity index (χ4v) is 1.29. The molecule has 0 aliphatic heterocycles. The van der Waals surface area contributed by atoms with E-state index in [-0.39, 0.29) is 11.8 Å². The maximum Gasteiger partial charge on any atom is 0.227 e. The van der Waals surface area contributed by atoms with Crippen LogP contribution in [0, 0.1) is 5.92 Å². The van der Waals surface area contributed by atoms with E-state index in [2.05, 4.69) is 5.32 Å². The Balaban J connectivity index is 2.65. The lowest BCUT2D eigenvalue weighted by Gasteiger charge is -2.14. The molecule has 1 unspecified atom stereocenters. The van der Waals surface area contributed by atoms with Gasteiger partial charge < -0.3 is 10.2 Å². The molecule has 0 aliphatic rings. The van der Waals surface area contributed by atoms with Crippen LogP contribution in [-0.2, 0) is 4.79 Å². The summed E-state index contributed by atoms with van der Waals surface area (Å²) in [4.78, 5) is 13.7. The van der Waals surface area contributed by atoms with Crippen molar-refractivity contribution in [1.82, 2.24) is 0 Å². The van der Waals surface area contributed by atoms with E-state index in [0.717, 1.165) is 17.8 Å². The molecule has 0 aromatic heterocycles. The van der Waals surface area contributed by atoms with Gasteiger partial charge in [-0.3, -0.25) is 4.79 Å². The monoisotopic (exact) mass is 220 g/mol. The van der Waals surface area contributed by atoms with Crippen LogP contribution < -0.4 is 10.2 Å². The summed E-state index contributed by atoms with van der Waals surface area (Å²) >= 11 is 0. The fraction of sp³-hybridized carbons (Fsp3) is 0.462. The average molecular weight is 220 g/mol. The van der Waals surface area contributed by atoms with Gasteiger partial charge in [-0.15, -0.1) is 0 Å². The van der Waals surface area contributed by atoms with E-state index in [1.165, 1.54) is 0 Å². The van der Waals surface area contributed by atoms with Crippen molar-refractivity contribution in [3.8, 4) is 0 Å². The Bertz CT molecular complexity index is 343. The van der Waals surface area contributed by atoms with Crippen LogP contribution >= 0.6 is 0 Å². The van der Waals surface area contributed by atoms with Crippen molar-refractivity contribution in [1.29, 1.82) is 0 Å². The van der Waals surface area contributed by atoms with Crippen LogP contribution in [0.3, 0.4) is 0 Å². The highest BCUT2D eigenvalue weighted by Crippen LogP contribution is 2.16. The summed E-state index contributed by atoms with van der Waals surface area (Å²) < 4.78 is 0. The fourth-order valence-electron chi connectivity index (χ4n) is 1.29. The van der Waals surface area contributed by atoms with Gasteiger partial charge >= 0.3 is 0 Å². The summed E-state index contributed by atoms with van der Waals surface area (Å²) in [6.45, 7) is 3.95. The molecule has 1 atom stereocenters. The zero-order valence-electron chi connectivity index (χ0n) is 10.4. The molecule has 0 spiro atoms. The Hall–Kier alpha value is -1.51. The summed E-state index contributed by atoms with van der Waals surface area (Å²) in [5, 5.41) is 2.90. The minimum Gasteiger partial charge on any atom is -0.378 e. The number of hydrogen-bond donors (Lipinski definition) is 1. The van der Waals surface area contributed by atoms with Crippen molar-refractivity contribution in [3.05, 3.63) is 24.3 Å². The first kappa shape index (κ1) is 12.6. The smallest absolute Gasteiger partial charge is 0.227 e. The Morgan fingerprint density at radius 2 is 1.88 bits per heavy atom. The van der Waals surface area contributed by atoms with Crippen LogP contribution in [0.4, 0.5) is 11.4 Å². The Labute approximate surface area is 97.5 Å². The molecule has 0 heterocycles. The first-order valence-corrected chi connectivity index (χ1v) is 5.62. The Kier molecular flexibility index (Phi) is 4.35. The van der Waals surface area contributed by atoms with Crippen LogP contribution in [-0.4, -0.2) is 20.0 Å². The molecule has 1 aromatic carbocycles. The molecule has 1 N–H and O–H groups in total. The van der Waals surface area contributed by atoms with Crippen LogP contribution in [0.1, 0.15) is 20.3 Å². The van der Waals surface area contributed by atoms with Crippen molar-refractivity contribution >= 4 is 17.3 Å². The Morgan fingerprint density at radius 1 is 1.31 bits per heavy atom. The second-order valence-electron chi connectivity index (χ2n) is 4.24. The molecule has 0 fully saturated rings. The lowest BCUT2D eigenvalue weighted by molar-refractivity contribution is -0.119. The molecule has 1 amide bonds. The van der Waals surface area contributed by atoms with Crippen molar-refractivity contribution in [2.24, 2.45) is 5.92 Å². The molecule has 1 aromatic rings. The normalized spacial score (nSPS) is 12.0. The summed E-state index contributed by atoms with van der Waals surface area (Å²) in [5.41, 5.74) is 1.98. The third-order valence-electron chi connectivity index (χ3n) is 2.71. The van der Waals surface area contributed by atoms with E-state index < -0.39 is 0 Å². The minimum absolute atomic E-state index is 0.0634. The first-order chi connectivity index (χ1) is 7.54. The zero-order chi connectivity index (χ0) is 12.1. The number of benzene rings is 1. The lowest BCUT2D eigenvalue weighted by Crippen LogP contribution is -2.19. The van der Waals surface area contributed by atoms with Gasteiger partial charge in [0.15, 0.2) is 0 Å². The zero-order valence-corrected chi connectivity index (χ0v) is 10.4. The largest absolute Gasteiger partial charge is 0.378 e. The summed E-state index contributed by atoms with van der Waals surface area (Å²) in [7, 11) is 3.99. The maximum absolute atomic E-state index is 11.6. The standard InChI is InChI=1S/C13H20N2O/c1-5-10(2)13(16)14-11-6-8-12(9-7-11)15(3)4/h6-10H,5H2,1-4H3,(H,14,16). The number of hydrogen-bond acceptors (Lipinski definition) is 2. The van der Waals surface area contributed by atoms with Crippen molar-refractivity contribution in [3.63, 3.8) is 0 Å². The Morgan fingerprint density at radius 3 is 2.31 bits per heavy atom. The number of carbonyl (C=O) groups excluding carboxylic acids is 1. The molecule has 1 rings (SSSR count). The summed E-state index contributed by atoms with van der Waals surface area (Å²) in [6.07, 6.45) is 0.863. The van der Waals surface area contributed by atoms with Crippen LogP contribution in [0.2, 0.25) is 0 Å². The van der Waals surface area contributed by atoms with E-state index >= 15 is 0 Å². The van der Waals surface area contributed by atoms with E-state index in [0.29, 0.717) is 0 Å². The predicted octanol–water partition coefficient (Wildman–Crippen LogP) is 2.74. The lowest BCUT2D eigenvalue weighted by atomic mass is 10.1. The van der Waals surface area contributed by atoms with Gasteiger partial charge in [-0.2, -0.15) is 0 Å². The molecule has 3 nitrogen and oxygen atoms in total. The highest BCUT2D eigenvalue weighted by molar-refractivity contribution is 5.92. The molecule has 0 saturated carbocycles. The molecular formula is C13H20N2O. The van der Waals surface area contributed by atoms with E-state index in [4.69, 9.17) is 0 Å². The molecule has 0 saturated heterocycles. The third-order valence-corrected chi connectivity index (χ3v) is 2.71. The highest BCUT2D eigenvalue weighted by Gasteiger charge is 2.10. The summed E-state index contributed by atoms with van der Waals surface area (Å²) in [6, 6.07) is 7.84. The average Bonchev–Trinajstić information content (AvgIpc) is 2.28. The van der Waals surface area contributed by atoms with Gasteiger partial charge in [-0.1, -0.05) is 13.8 Å². The van der Waals surface area contributed by atoms with E-state index in [1.807, 2.05) is 57.1 Å². The van der Waals surface area contributed by atoms with Gasteiger partial charge in [0.1, 0.15) is 0 Å². The van der Waals surface area contributed by atoms with Crippen LogP contribution in [0.5, 0.6) is 0 Å². The van der Waals surface area contributed by atoms with Crippen LogP contribution in [0.25, 0.3) is 0 Å². The van der Waals surface area contributed by atoms with Crippen LogP contribution in [0.15, 0.2) is 24.3 Å². The van der Waals surface area contributed by atoms with Gasteiger partial charge in [0.05, 0.1) is 0 Å². The molecular weight excluding hydrogens is 200 g/mol. The van der Waals surface area contributed by atoms with Crippen molar-refractivity contribution in [2.75, 3.05) is 24.3 Å². The number of nitrogens with one attached hydrogen (secondary N) is 1. The quantitative estimate of drug-likeness (QED) is 0.846. The number of carbonyl (C=O) groups is 1. The molecule has 0 aliphatic carbocycles. The number of rotatable bonds is 4. The predicted molar refractivity (Wildman–Crippen MR) is 68.9 cm³/mol. The number of anilines is 2. The molecule has 88 valence electrons. The van der Waals surface area contributed by atoms with Crippen molar-refractivity contribution < 1.29 is 4.79 Å². The molecule has 0 radical (unpaired) electrons. The number of nitrogens with zero attached hydrogens (tertiary/aromatic N) is 1. The van der Waals surface area contributed by atoms with Gasteiger partial charge in [0, 0.05) is 31.4 Å². The van der Waals surface area contributed by atoms with E-state index in [9.17, 15) is 4.79 Å². The van der Waals surface area contributed by atoms with Gasteiger partial charge in [0.25, 0.3) is 0 Å². The van der Waals surface area contributed by atoms with Gasteiger partial charge in [-0.25, -0.2) is 0 Å². The molecule has 0 bridgehead atoms. The van der Waals surface area contributed by atoms with Crippen molar-refractivity contribution in [2.45, 2.75) is 20.3 Å². The summed E-state index contributed by atoms with van der Waals surface area (Å²) in [5.74, 6) is 0.147. The maximum atomic E-state index is 11.6. The van der Waals surface area contributed by atoms with Gasteiger partial charge in [0.2, 0.25) is 5.91 Å². The number of amides is 1. The third kappa shape index (κ3) is 3.26. The SMILES string of the molecule is CCC(C)C(=O)Nc1ccc(N(C)C)cc1. The van der Waals surface area contributed by atoms with Gasteiger partial charge in [-0.05, 0) is 30.7 Å². The molecule has 3 heteroatoms. The minimum atomic E-state index is 0.0634. The second-order valence-corrected chi connectivity index (χ2v) is 4.24. The molecule has 16 heavy (non-hydrogen) atoms. The topological polar surface area (TPSA) is 32.3 Å². The van der Waals surface area contributed by atoms with E-state index in [1.54, 1.807) is 0 Å². The second kappa shape index (κ2) is 5.54. The first-order valence-electron chi connectivity index (χ1n) is 5.62.